The van der Waals surface area contributed by atoms with Crippen LogP contribution >= 0.6 is 0 Å². The zero-order valence-corrected chi connectivity index (χ0v) is 28.4. The van der Waals surface area contributed by atoms with Crippen molar-refractivity contribution in [2.45, 2.75) is 38.7 Å². The minimum Gasteiger partial charge on any atom is -0.542 e. The maximum Gasteiger partial charge on any atom is 1.00 e. The molecular weight excluding hydrogens is 641 g/mol. The molecule has 2 aromatic heterocycles. The zero-order valence-electron chi connectivity index (χ0n) is 26.4. The van der Waals surface area contributed by atoms with Gasteiger partial charge in [-0.1, -0.05) is 25.1 Å². The molecule has 0 aliphatic heterocycles. The maximum atomic E-state index is 12.9. The van der Waals surface area contributed by atoms with Gasteiger partial charge in [-0.05, 0) is 44.0 Å². The summed E-state index contributed by atoms with van der Waals surface area (Å²) in [4.78, 5) is 60.8. The van der Waals surface area contributed by atoms with E-state index in [2.05, 4.69) is 11.9 Å². The van der Waals surface area contributed by atoms with Crippen LogP contribution in [0.25, 0.3) is 21.9 Å². The Morgan fingerprint density at radius 3 is 2.00 bits per heavy atom. The van der Waals surface area contributed by atoms with Crippen LogP contribution < -0.4 is 60.3 Å². The van der Waals surface area contributed by atoms with Crippen molar-refractivity contribution in [1.82, 2.24) is 5.32 Å². The first-order valence-electron chi connectivity index (χ1n) is 14.5. The number of aliphatic hydroxyl groups is 1. The monoisotopic (exact) mass is 673 g/mol. The van der Waals surface area contributed by atoms with E-state index in [1.54, 1.807) is 0 Å². The van der Waals surface area contributed by atoms with Gasteiger partial charge in [0.25, 0.3) is 0 Å². The standard InChI is InChI=1S/C33H33NO13.Na/c1-19(2)34-13-5-3-4-12-29(38)44-18-45-33(41)28-15-22(37)31-24(9-7-11-26(31)47-28)43-17-20(35)16-42-23-8-6-10-25-30(23)21(36)14-27(46-25)32(39)40;/h6-11,14-15,20,34-35H,1,3-5,12-13,16-18H2,2H3,(H,39,40);/q;+1/p-1. The molecule has 0 amide bonds. The second-order valence-electron chi connectivity index (χ2n) is 10.4. The predicted octanol–water partition coefficient (Wildman–Crippen LogP) is -0.573. The number of esters is 2. The number of fused-ring (bicyclic) bond motifs is 2. The van der Waals surface area contributed by atoms with Gasteiger partial charge in [0.1, 0.15) is 58.7 Å². The molecular formula is C33H32NNaO13. The molecule has 0 aliphatic carbocycles. The third kappa shape index (κ3) is 10.4. The van der Waals surface area contributed by atoms with Crippen molar-refractivity contribution in [1.29, 1.82) is 0 Å². The van der Waals surface area contributed by atoms with Crippen LogP contribution in [0.2, 0.25) is 0 Å². The summed E-state index contributed by atoms with van der Waals surface area (Å²) in [5.41, 5.74) is -0.466. The number of hydrogen-bond acceptors (Lipinski definition) is 14. The fourth-order valence-electron chi connectivity index (χ4n) is 4.38. The van der Waals surface area contributed by atoms with Gasteiger partial charge < -0.3 is 48.1 Å². The molecule has 0 saturated carbocycles. The van der Waals surface area contributed by atoms with E-state index in [4.69, 9.17) is 27.8 Å². The van der Waals surface area contributed by atoms with Crippen molar-refractivity contribution >= 4 is 39.8 Å². The molecule has 2 heterocycles. The van der Waals surface area contributed by atoms with E-state index in [-0.39, 0.29) is 82.6 Å². The molecule has 248 valence electrons. The van der Waals surface area contributed by atoms with Gasteiger partial charge in [0.2, 0.25) is 12.6 Å². The Morgan fingerprint density at radius 1 is 0.875 bits per heavy atom. The average molecular weight is 674 g/mol. The van der Waals surface area contributed by atoms with Crippen LogP contribution in [0.1, 0.15) is 53.7 Å². The van der Waals surface area contributed by atoms with Crippen LogP contribution in [0.3, 0.4) is 0 Å². The van der Waals surface area contributed by atoms with E-state index >= 15 is 0 Å². The molecule has 0 fully saturated rings. The van der Waals surface area contributed by atoms with Crippen LogP contribution in [-0.2, 0) is 14.3 Å². The number of nitrogens with one attached hydrogen (secondary N) is 1. The van der Waals surface area contributed by atoms with Gasteiger partial charge in [0.05, 0.1) is 0 Å². The number of aromatic carboxylic acids is 1. The van der Waals surface area contributed by atoms with Crippen LogP contribution in [0.5, 0.6) is 11.5 Å². The topological polar surface area (TPSA) is 204 Å². The number of ether oxygens (including phenoxy) is 4. The van der Waals surface area contributed by atoms with E-state index < -0.39 is 53.2 Å². The third-order valence-electron chi connectivity index (χ3n) is 6.59. The molecule has 0 radical (unpaired) electrons. The molecule has 1 atom stereocenters. The van der Waals surface area contributed by atoms with E-state index in [0.29, 0.717) is 6.42 Å². The first kappa shape index (κ1) is 37.8. The number of allylic oxidation sites excluding steroid dienone is 1. The van der Waals surface area contributed by atoms with Crippen molar-refractivity contribution in [3.63, 3.8) is 0 Å². The molecule has 0 spiro atoms. The van der Waals surface area contributed by atoms with Gasteiger partial charge in [-0.25, -0.2) is 4.79 Å². The number of hydrogen-bond donors (Lipinski definition) is 2. The number of carbonyl (C=O) groups is 3. The van der Waals surface area contributed by atoms with Gasteiger partial charge in [-0.3, -0.25) is 14.4 Å². The Bertz CT molecular complexity index is 1900. The molecule has 14 nitrogen and oxygen atoms in total. The van der Waals surface area contributed by atoms with Gasteiger partial charge in [0.15, 0.2) is 16.6 Å². The molecule has 4 rings (SSSR count). The molecule has 2 N–H and O–H groups in total. The van der Waals surface area contributed by atoms with Crippen LogP contribution in [-0.4, -0.2) is 55.7 Å². The number of aliphatic hydroxyl groups excluding tert-OH is 1. The molecule has 0 aliphatic rings. The third-order valence-corrected chi connectivity index (χ3v) is 6.59. The first-order valence-corrected chi connectivity index (χ1v) is 14.5. The van der Waals surface area contributed by atoms with Gasteiger partial charge in [-0.15, -0.1) is 0 Å². The summed E-state index contributed by atoms with van der Waals surface area (Å²) in [6.07, 6.45) is 1.20. The van der Waals surface area contributed by atoms with Crippen molar-refractivity contribution in [3.05, 3.63) is 92.8 Å². The number of carbonyl (C=O) groups excluding carboxylic acids is 3. The Hall–Kier alpha value is -4.63. The second kappa shape index (κ2) is 18.1. The van der Waals surface area contributed by atoms with Gasteiger partial charge >= 0.3 is 41.5 Å². The van der Waals surface area contributed by atoms with E-state index in [1.165, 1.54) is 36.4 Å². The minimum atomic E-state index is -1.65. The van der Waals surface area contributed by atoms with E-state index in [9.17, 15) is 34.2 Å². The summed E-state index contributed by atoms with van der Waals surface area (Å²) in [7, 11) is 0. The summed E-state index contributed by atoms with van der Waals surface area (Å²) in [5.74, 6) is -4.15. The van der Waals surface area contributed by atoms with E-state index in [0.717, 1.165) is 37.2 Å². The first-order chi connectivity index (χ1) is 22.5. The van der Waals surface area contributed by atoms with Gasteiger partial charge in [-0.2, -0.15) is 0 Å². The summed E-state index contributed by atoms with van der Waals surface area (Å²) >= 11 is 0. The molecule has 15 heteroatoms. The second-order valence-corrected chi connectivity index (χ2v) is 10.4. The summed E-state index contributed by atoms with van der Waals surface area (Å²) < 4.78 is 31.8. The molecule has 0 bridgehead atoms. The average Bonchev–Trinajstić information content (AvgIpc) is 3.03. The zero-order chi connectivity index (χ0) is 33.9. The van der Waals surface area contributed by atoms with E-state index in [1.807, 2.05) is 6.92 Å². The van der Waals surface area contributed by atoms with Crippen LogP contribution in [0.4, 0.5) is 0 Å². The SMILES string of the molecule is C=C(C)NCCCCCC(=O)OCOC(=O)c1cc(=O)c2c(OCC(O)COc3cccc4oc(C(=O)[O-])cc(=O)c34)cccc2o1.[Na+]. The van der Waals surface area contributed by atoms with Gasteiger partial charge in [0, 0.05) is 30.8 Å². The Balaban J connectivity index is 0.00000625. The van der Waals surface area contributed by atoms with Crippen LogP contribution in [0, 0.1) is 0 Å². The van der Waals surface area contributed by atoms with Crippen molar-refractivity contribution in [2.24, 2.45) is 0 Å². The number of unbranched alkanes of at least 4 members (excludes halogenated alkanes) is 2. The Kier molecular flexibility index (Phi) is 14.2. The fourth-order valence-corrected chi connectivity index (χ4v) is 4.38. The molecule has 2 aromatic carbocycles. The molecule has 1 unspecified atom stereocenters. The summed E-state index contributed by atoms with van der Waals surface area (Å²) in [5, 5.41) is 24.6. The van der Waals surface area contributed by atoms with Crippen LogP contribution in [0.15, 0.2) is 79.2 Å². The maximum absolute atomic E-state index is 12.9. The summed E-state index contributed by atoms with van der Waals surface area (Å²) in [6.45, 7) is 5.04. The number of rotatable bonds is 17. The fraction of sp³-hybridized carbons (Fsp3) is 0.303. The molecule has 0 saturated heterocycles. The number of carboxylic acids is 1. The Labute approximate surface area is 295 Å². The minimum absolute atomic E-state index is 0. The quantitative estimate of drug-likeness (QED) is 0.0624. The molecule has 48 heavy (non-hydrogen) atoms. The normalized spacial score (nSPS) is 11.3. The summed E-state index contributed by atoms with van der Waals surface area (Å²) in [6, 6.07) is 10.4. The van der Waals surface area contributed by atoms with Crippen molar-refractivity contribution in [3.8, 4) is 11.5 Å². The Morgan fingerprint density at radius 2 is 1.44 bits per heavy atom. The van der Waals surface area contributed by atoms with Crippen molar-refractivity contribution < 1.29 is 81.9 Å². The number of carboxylic acid groups (broad SMARTS) is 1. The number of benzene rings is 2. The molecule has 4 aromatic rings. The largest absolute Gasteiger partial charge is 1.00 e. The predicted molar refractivity (Wildman–Crippen MR) is 164 cm³/mol. The van der Waals surface area contributed by atoms with Crippen molar-refractivity contribution in [2.75, 3.05) is 26.6 Å². The smallest absolute Gasteiger partial charge is 0.542 e.